The molecule has 2 aliphatic heterocycles. The molecule has 0 bridgehead atoms. The molecule has 0 radical (unpaired) electrons. The molecule has 0 spiro atoms. The number of nitriles is 1. The molecule has 1 fully saturated rings. The second-order valence-electron chi connectivity index (χ2n) is 7.16. The van der Waals surface area contributed by atoms with Gasteiger partial charge in [-0.15, -0.1) is 0 Å². The highest BCUT2D eigenvalue weighted by atomic mass is 16.6. The quantitative estimate of drug-likeness (QED) is 0.831. The van der Waals surface area contributed by atoms with Crippen LogP contribution in [0.4, 0.5) is 0 Å². The third kappa shape index (κ3) is 4.22. The predicted molar refractivity (Wildman–Crippen MR) is 104 cm³/mol. The van der Waals surface area contributed by atoms with Crippen molar-refractivity contribution >= 4 is 0 Å². The van der Waals surface area contributed by atoms with Crippen molar-refractivity contribution in [2.75, 3.05) is 32.9 Å². The van der Waals surface area contributed by atoms with Gasteiger partial charge in [0.25, 0.3) is 0 Å². The second-order valence-corrected chi connectivity index (χ2v) is 7.16. The lowest BCUT2D eigenvalue weighted by atomic mass is 10.0. The number of rotatable bonds is 6. The molecule has 0 amide bonds. The van der Waals surface area contributed by atoms with Gasteiger partial charge >= 0.3 is 0 Å². The topological polar surface area (TPSA) is 75.0 Å². The lowest BCUT2D eigenvalue weighted by Gasteiger charge is -2.28. The molecule has 1 saturated heterocycles. The molecular formula is C22H24N2O4. The third-order valence-corrected chi connectivity index (χ3v) is 5.19. The van der Waals surface area contributed by atoms with Crippen molar-refractivity contribution in [3.05, 3.63) is 53.6 Å². The maximum Gasteiger partial charge on any atom is 0.161 e. The van der Waals surface area contributed by atoms with Gasteiger partial charge in [-0.1, -0.05) is 6.07 Å². The van der Waals surface area contributed by atoms with Crippen molar-refractivity contribution in [1.29, 1.82) is 5.26 Å². The van der Waals surface area contributed by atoms with Gasteiger partial charge in [-0.2, -0.15) is 5.26 Å². The lowest BCUT2D eigenvalue weighted by molar-refractivity contribution is 0.0637. The fourth-order valence-corrected chi connectivity index (χ4v) is 3.83. The van der Waals surface area contributed by atoms with E-state index < -0.39 is 6.10 Å². The number of aliphatic hydroxyl groups excluding tert-OH is 1. The first kappa shape index (κ1) is 18.6. The molecule has 2 atom stereocenters. The Hall–Kier alpha value is -2.75. The molecule has 4 rings (SSSR count). The first-order chi connectivity index (χ1) is 13.7. The first-order valence-electron chi connectivity index (χ1n) is 9.67. The Bertz CT molecular complexity index is 847. The largest absolute Gasteiger partial charge is 0.491 e. The standard InChI is InChI=1S/C22H24N2O4/c23-13-16-3-6-19(7-4-16)28-15-18(25)14-24-9-1-2-20(24)17-5-8-21-22(12-17)27-11-10-26-21/h3-8,12,18,20,25H,1-2,9-11,14-15H2. The van der Waals surface area contributed by atoms with E-state index in [9.17, 15) is 5.11 Å². The lowest BCUT2D eigenvalue weighted by Crippen LogP contribution is -2.35. The van der Waals surface area contributed by atoms with Crippen LogP contribution in [-0.2, 0) is 0 Å². The maximum absolute atomic E-state index is 10.5. The van der Waals surface area contributed by atoms with Crippen LogP contribution in [-0.4, -0.2) is 49.0 Å². The van der Waals surface area contributed by atoms with Crippen LogP contribution in [0.5, 0.6) is 17.2 Å². The summed E-state index contributed by atoms with van der Waals surface area (Å²) in [5.74, 6) is 2.26. The molecule has 0 aromatic heterocycles. The zero-order chi connectivity index (χ0) is 19.3. The van der Waals surface area contributed by atoms with E-state index in [1.807, 2.05) is 6.07 Å². The molecule has 1 N–H and O–H groups in total. The summed E-state index contributed by atoms with van der Waals surface area (Å²) < 4.78 is 17.0. The van der Waals surface area contributed by atoms with Gasteiger partial charge in [-0.25, -0.2) is 0 Å². The minimum Gasteiger partial charge on any atom is -0.491 e. The van der Waals surface area contributed by atoms with Crippen molar-refractivity contribution < 1.29 is 19.3 Å². The average Bonchev–Trinajstić information content (AvgIpc) is 3.20. The van der Waals surface area contributed by atoms with Crippen LogP contribution < -0.4 is 14.2 Å². The summed E-state index contributed by atoms with van der Waals surface area (Å²) in [5.41, 5.74) is 1.79. The fraction of sp³-hybridized carbons (Fsp3) is 0.409. The van der Waals surface area contributed by atoms with E-state index in [2.05, 4.69) is 23.1 Å². The SMILES string of the molecule is N#Cc1ccc(OCC(O)CN2CCCC2c2ccc3c(c2)OCCO3)cc1. The Morgan fingerprint density at radius 3 is 2.71 bits per heavy atom. The van der Waals surface area contributed by atoms with Gasteiger partial charge in [0.15, 0.2) is 11.5 Å². The third-order valence-electron chi connectivity index (χ3n) is 5.19. The molecule has 0 aliphatic carbocycles. The van der Waals surface area contributed by atoms with Crippen LogP contribution >= 0.6 is 0 Å². The molecular weight excluding hydrogens is 356 g/mol. The second kappa shape index (κ2) is 8.51. The van der Waals surface area contributed by atoms with Crippen molar-refractivity contribution in [3.63, 3.8) is 0 Å². The van der Waals surface area contributed by atoms with Crippen molar-refractivity contribution in [2.24, 2.45) is 0 Å². The molecule has 2 aromatic carbocycles. The maximum atomic E-state index is 10.5. The van der Waals surface area contributed by atoms with E-state index in [0.29, 0.717) is 31.1 Å². The Balaban J connectivity index is 1.35. The number of likely N-dealkylation sites (tertiary alicyclic amines) is 1. The van der Waals surface area contributed by atoms with Crippen LogP contribution in [0, 0.1) is 11.3 Å². The number of benzene rings is 2. The summed E-state index contributed by atoms with van der Waals surface area (Å²) in [6.07, 6.45) is 1.57. The number of aliphatic hydroxyl groups is 1. The van der Waals surface area contributed by atoms with Gasteiger partial charge in [0, 0.05) is 12.6 Å². The van der Waals surface area contributed by atoms with E-state index in [0.717, 1.165) is 30.9 Å². The van der Waals surface area contributed by atoms with E-state index in [4.69, 9.17) is 19.5 Å². The zero-order valence-electron chi connectivity index (χ0n) is 15.7. The number of fused-ring (bicyclic) bond motifs is 1. The molecule has 146 valence electrons. The summed E-state index contributed by atoms with van der Waals surface area (Å²) in [6.45, 7) is 2.89. The normalized spacial score (nSPS) is 19.8. The highest BCUT2D eigenvalue weighted by Gasteiger charge is 2.28. The Morgan fingerprint density at radius 1 is 1.14 bits per heavy atom. The van der Waals surface area contributed by atoms with E-state index in [1.54, 1.807) is 24.3 Å². The number of β-amino-alcohol motifs (C(OH)–C–C–N with tert-alkyl or cyclic N) is 1. The van der Waals surface area contributed by atoms with E-state index in [-0.39, 0.29) is 12.6 Å². The molecule has 2 heterocycles. The van der Waals surface area contributed by atoms with Crippen LogP contribution in [0.25, 0.3) is 0 Å². The van der Waals surface area contributed by atoms with Gasteiger partial charge < -0.3 is 19.3 Å². The fourth-order valence-electron chi connectivity index (χ4n) is 3.83. The van der Waals surface area contributed by atoms with Crippen molar-refractivity contribution in [3.8, 4) is 23.3 Å². The smallest absolute Gasteiger partial charge is 0.161 e. The Morgan fingerprint density at radius 2 is 1.93 bits per heavy atom. The highest BCUT2D eigenvalue weighted by molar-refractivity contribution is 5.44. The van der Waals surface area contributed by atoms with Crippen LogP contribution in [0.1, 0.15) is 30.0 Å². The van der Waals surface area contributed by atoms with Gasteiger partial charge in [-0.05, 0) is 61.3 Å². The minimum atomic E-state index is -0.589. The van der Waals surface area contributed by atoms with Crippen molar-refractivity contribution in [1.82, 2.24) is 4.90 Å². The van der Waals surface area contributed by atoms with Crippen LogP contribution in [0.2, 0.25) is 0 Å². The molecule has 6 nitrogen and oxygen atoms in total. The van der Waals surface area contributed by atoms with E-state index >= 15 is 0 Å². The van der Waals surface area contributed by atoms with Gasteiger partial charge in [0.1, 0.15) is 31.7 Å². The van der Waals surface area contributed by atoms with Crippen molar-refractivity contribution in [2.45, 2.75) is 25.0 Å². The Labute approximate surface area is 164 Å². The van der Waals surface area contributed by atoms with Gasteiger partial charge in [0.05, 0.1) is 11.6 Å². The molecule has 0 saturated carbocycles. The molecule has 28 heavy (non-hydrogen) atoms. The number of hydrogen-bond acceptors (Lipinski definition) is 6. The molecule has 6 heteroatoms. The Kier molecular flexibility index (Phi) is 5.65. The van der Waals surface area contributed by atoms with E-state index in [1.165, 1.54) is 5.56 Å². The number of hydrogen-bond donors (Lipinski definition) is 1. The molecule has 2 unspecified atom stereocenters. The highest BCUT2D eigenvalue weighted by Crippen LogP contribution is 2.38. The molecule has 2 aromatic rings. The zero-order valence-corrected chi connectivity index (χ0v) is 15.7. The number of nitrogens with zero attached hydrogens (tertiary/aromatic N) is 2. The van der Waals surface area contributed by atoms with Crippen LogP contribution in [0.3, 0.4) is 0 Å². The summed E-state index contributed by atoms with van der Waals surface area (Å²) in [7, 11) is 0. The number of ether oxygens (including phenoxy) is 3. The summed E-state index contributed by atoms with van der Waals surface area (Å²) in [4.78, 5) is 2.30. The summed E-state index contributed by atoms with van der Waals surface area (Å²) >= 11 is 0. The average molecular weight is 380 g/mol. The van der Waals surface area contributed by atoms with Gasteiger partial charge in [0.2, 0.25) is 0 Å². The monoisotopic (exact) mass is 380 g/mol. The molecule has 2 aliphatic rings. The predicted octanol–water partition coefficient (Wildman–Crippen LogP) is 2.91. The minimum absolute atomic E-state index is 0.219. The van der Waals surface area contributed by atoms with Crippen LogP contribution in [0.15, 0.2) is 42.5 Å². The summed E-state index contributed by atoms with van der Waals surface area (Å²) in [5, 5.41) is 19.3. The summed E-state index contributed by atoms with van der Waals surface area (Å²) in [6, 6.07) is 15.4. The first-order valence-corrected chi connectivity index (χ1v) is 9.67. The van der Waals surface area contributed by atoms with Gasteiger partial charge in [-0.3, -0.25) is 4.90 Å².